The van der Waals surface area contributed by atoms with Gasteiger partial charge in [-0.1, -0.05) is 0 Å². The largest absolute Gasteiger partial charge is 0.322 e. The van der Waals surface area contributed by atoms with Gasteiger partial charge in [-0.15, -0.1) is 23.7 Å². The summed E-state index contributed by atoms with van der Waals surface area (Å²) < 4.78 is 1.03. The third-order valence-corrected chi connectivity index (χ3v) is 3.09. The van der Waals surface area contributed by atoms with Crippen LogP contribution in [0.5, 0.6) is 0 Å². The number of hydrogen-bond donors (Lipinski definition) is 1. The summed E-state index contributed by atoms with van der Waals surface area (Å²) in [4.78, 5) is 1.05. The molecule has 0 aromatic carbocycles. The van der Waals surface area contributed by atoms with Crippen LogP contribution in [0.3, 0.4) is 0 Å². The molecule has 0 aliphatic carbocycles. The minimum absolute atomic E-state index is 0. The molecule has 12 heavy (non-hydrogen) atoms. The van der Waals surface area contributed by atoms with Gasteiger partial charge in [-0.3, -0.25) is 0 Å². The number of hydrogen-bond acceptors (Lipinski definition) is 3. The Morgan fingerprint density at radius 1 is 1.75 bits per heavy atom. The number of nitriles is 1. The Bertz CT molecular complexity index is 281. The molecule has 1 heterocycles. The van der Waals surface area contributed by atoms with Gasteiger partial charge < -0.3 is 5.73 Å². The van der Waals surface area contributed by atoms with Gasteiger partial charge >= 0.3 is 0 Å². The van der Waals surface area contributed by atoms with Crippen LogP contribution in [0.15, 0.2) is 15.9 Å². The highest BCUT2D eigenvalue weighted by Gasteiger charge is 2.06. The first-order valence-electron chi connectivity index (χ1n) is 3.10. The Balaban J connectivity index is 0.00000121. The molecule has 2 N–H and O–H groups in total. The summed E-state index contributed by atoms with van der Waals surface area (Å²) in [5.41, 5.74) is 5.69. The summed E-state index contributed by atoms with van der Waals surface area (Å²) >= 11 is 4.90. The molecule has 0 bridgehead atoms. The summed E-state index contributed by atoms with van der Waals surface area (Å²) in [7, 11) is 0. The fraction of sp³-hybridized carbons (Fsp3) is 0.286. The molecule has 0 saturated heterocycles. The van der Waals surface area contributed by atoms with E-state index >= 15 is 0 Å². The molecule has 1 aromatic rings. The molecular formula is C7H8BrClN2S. The molecule has 0 aliphatic rings. The van der Waals surface area contributed by atoms with Crippen molar-refractivity contribution in [1.82, 2.24) is 0 Å². The summed E-state index contributed by atoms with van der Waals surface area (Å²) in [6.07, 6.45) is 0.382. The topological polar surface area (TPSA) is 49.8 Å². The minimum atomic E-state index is -0.128. The molecule has 5 heteroatoms. The van der Waals surface area contributed by atoms with E-state index in [4.69, 9.17) is 11.0 Å². The number of nitrogens with zero attached hydrogens (tertiary/aromatic N) is 1. The smallest absolute Gasteiger partial charge is 0.0642 e. The molecule has 1 atom stereocenters. The van der Waals surface area contributed by atoms with Crippen molar-refractivity contribution in [1.29, 1.82) is 5.26 Å². The minimum Gasteiger partial charge on any atom is -0.322 e. The molecule has 0 fully saturated rings. The Kier molecular flexibility index (Phi) is 5.51. The molecular weight excluding hydrogens is 260 g/mol. The van der Waals surface area contributed by atoms with Crippen LogP contribution >= 0.6 is 39.7 Å². The van der Waals surface area contributed by atoms with Crippen molar-refractivity contribution in [2.45, 2.75) is 12.5 Å². The van der Waals surface area contributed by atoms with Crippen LogP contribution in [-0.4, -0.2) is 0 Å². The van der Waals surface area contributed by atoms with Gasteiger partial charge in [0.1, 0.15) is 0 Å². The van der Waals surface area contributed by atoms with Crippen LogP contribution in [0.1, 0.15) is 17.3 Å². The highest BCUT2D eigenvalue weighted by molar-refractivity contribution is 9.10. The van der Waals surface area contributed by atoms with Gasteiger partial charge in [0.15, 0.2) is 0 Å². The van der Waals surface area contributed by atoms with Gasteiger partial charge in [-0.05, 0) is 22.0 Å². The summed E-state index contributed by atoms with van der Waals surface area (Å²) in [6, 6.07) is 3.86. The van der Waals surface area contributed by atoms with E-state index in [2.05, 4.69) is 15.9 Å². The van der Waals surface area contributed by atoms with Crippen molar-refractivity contribution in [3.05, 3.63) is 20.8 Å². The van der Waals surface area contributed by atoms with Crippen LogP contribution in [0, 0.1) is 11.3 Å². The van der Waals surface area contributed by atoms with Crippen molar-refractivity contribution >= 4 is 39.7 Å². The average molecular weight is 268 g/mol. The lowest BCUT2D eigenvalue weighted by atomic mass is 10.2. The first-order valence-corrected chi connectivity index (χ1v) is 4.77. The van der Waals surface area contributed by atoms with Gasteiger partial charge in [0.25, 0.3) is 0 Å². The quantitative estimate of drug-likeness (QED) is 0.896. The van der Waals surface area contributed by atoms with E-state index in [1.807, 2.05) is 17.5 Å². The number of halogens is 2. The first kappa shape index (κ1) is 11.9. The van der Waals surface area contributed by atoms with E-state index in [1.54, 1.807) is 11.3 Å². The van der Waals surface area contributed by atoms with Crippen molar-refractivity contribution in [2.24, 2.45) is 5.73 Å². The van der Waals surface area contributed by atoms with Gasteiger partial charge in [0.05, 0.1) is 18.5 Å². The Labute approximate surface area is 89.9 Å². The third-order valence-electron chi connectivity index (χ3n) is 1.26. The Hall–Kier alpha value is -0.0800. The fourth-order valence-corrected chi connectivity index (χ4v) is 2.17. The monoisotopic (exact) mass is 266 g/mol. The Morgan fingerprint density at radius 2 is 2.42 bits per heavy atom. The predicted molar refractivity (Wildman–Crippen MR) is 56.4 cm³/mol. The third kappa shape index (κ3) is 3.11. The maximum Gasteiger partial charge on any atom is 0.0642 e. The van der Waals surface area contributed by atoms with Crippen LogP contribution in [0.4, 0.5) is 0 Å². The molecule has 1 aromatic heterocycles. The number of nitrogens with two attached hydrogens (primary N) is 1. The van der Waals surface area contributed by atoms with E-state index in [-0.39, 0.29) is 18.4 Å². The molecule has 1 rings (SSSR count). The number of thiophene rings is 1. The van der Waals surface area contributed by atoms with E-state index in [0.717, 1.165) is 9.35 Å². The van der Waals surface area contributed by atoms with Gasteiger partial charge in [-0.25, -0.2) is 0 Å². The summed E-state index contributed by atoms with van der Waals surface area (Å²) in [6.45, 7) is 0. The maximum absolute atomic E-state index is 8.37. The van der Waals surface area contributed by atoms with E-state index in [1.165, 1.54) is 0 Å². The van der Waals surface area contributed by atoms with Gasteiger partial charge in [0.2, 0.25) is 0 Å². The second-order valence-corrected chi connectivity index (χ2v) is 3.99. The Morgan fingerprint density at radius 3 is 2.83 bits per heavy atom. The van der Waals surface area contributed by atoms with Crippen LogP contribution < -0.4 is 5.73 Å². The predicted octanol–water partition coefficient (Wildman–Crippen LogP) is 2.85. The zero-order valence-corrected chi connectivity index (χ0v) is 9.38. The van der Waals surface area contributed by atoms with E-state index < -0.39 is 0 Å². The normalized spacial score (nSPS) is 11.4. The lowest BCUT2D eigenvalue weighted by molar-refractivity contribution is 0.764. The van der Waals surface area contributed by atoms with Crippen molar-refractivity contribution in [3.63, 3.8) is 0 Å². The molecule has 66 valence electrons. The SMILES string of the molecule is Cl.N#CC[C@@H](N)c1cc(Br)cs1. The van der Waals surface area contributed by atoms with E-state index in [0.29, 0.717) is 6.42 Å². The molecule has 2 nitrogen and oxygen atoms in total. The molecule has 0 unspecified atom stereocenters. The van der Waals surface area contributed by atoms with Crippen molar-refractivity contribution in [2.75, 3.05) is 0 Å². The summed E-state index contributed by atoms with van der Waals surface area (Å²) in [5.74, 6) is 0. The van der Waals surface area contributed by atoms with Crippen LogP contribution in [0.2, 0.25) is 0 Å². The average Bonchev–Trinajstić information content (AvgIpc) is 2.36. The molecule has 0 saturated carbocycles. The van der Waals surface area contributed by atoms with Crippen molar-refractivity contribution in [3.8, 4) is 6.07 Å². The standard InChI is InChI=1S/C7H7BrN2S.ClH/c8-5-3-7(11-4-5)6(10)1-2-9;/h3-4,6H,1,10H2;1H/t6-;/m1./s1. The van der Waals surface area contributed by atoms with Gasteiger partial charge in [0, 0.05) is 14.7 Å². The molecule has 0 amide bonds. The number of rotatable bonds is 2. The van der Waals surface area contributed by atoms with Crippen molar-refractivity contribution < 1.29 is 0 Å². The van der Waals surface area contributed by atoms with Crippen LogP contribution in [-0.2, 0) is 0 Å². The molecule has 0 aliphatic heterocycles. The zero-order valence-electron chi connectivity index (χ0n) is 6.16. The first-order chi connectivity index (χ1) is 5.24. The molecule has 0 radical (unpaired) electrons. The second kappa shape index (κ2) is 5.55. The van der Waals surface area contributed by atoms with Gasteiger partial charge in [-0.2, -0.15) is 5.26 Å². The summed E-state index contributed by atoms with van der Waals surface area (Å²) in [5, 5.41) is 10.3. The zero-order chi connectivity index (χ0) is 8.27. The molecule has 0 spiro atoms. The highest BCUT2D eigenvalue weighted by atomic mass is 79.9. The fourth-order valence-electron chi connectivity index (χ4n) is 0.722. The lowest BCUT2D eigenvalue weighted by Crippen LogP contribution is -2.06. The highest BCUT2D eigenvalue weighted by Crippen LogP contribution is 2.25. The maximum atomic E-state index is 8.37. The lowest BCUT2D eigenvalue weighted by Gasteiger charge is -2.01. The van der Waals surface area contributed by atoms with Crippen LogP contribution in [0.25, 0.3) is 0 Å². The second-order valence-electron chi connectivity index (χ2n) is 2.14. The van der Waals surface area contributed by atoms with E-state index in [9.17, 15) is 0 Å².